The van der Waals surface area contributed by atoms with E-state index in [1.807, 2.05) is 36.5 Å². The van der Waals surface area contributed by atoms with Gasteiger partial charge in [-0.3, -0.25) is 9.59 Å². The molecule has 0 spiro atoms. The SMILES string of the molecule is O=C(Cc1n[nH]c(=O)c2ccccc12)Nc1ccc2cc[nH]c2c1. The van der Waals surface area contributed by atoms with Gasteiger partial charge in [0.25, 0.3) is 5.56 Å². The quantitative estimate of drug-likeness (QED) is 0.542. The molecule has 2 aromatic carbocycles. The lowest BCUT2D eigenvalue weighted by molar-refractivity contribution is -0.115. The number of anilines is 1. The van der Waals surface area contributed by atoms with Crippen LogP contribution in [-0.4, -0.2) is 21.1 Å². The molecule has 0 saturated carbocycles. The van der Waals surface area contributed by atoms with E-state index in [9.17, 15) is 9.59 Å². The zero-order valence-corrected chi connectivity index (χ0v) is 12.7. The second kappa shape index (κ2) is 5.66. The third kappa shape index (κ3) is 2.54. The Labute approximate surface area is 136 Å². The van der Waals surface area contributed by atoms with E-state index in [1.165, 1.54) is 0 Å². The predicted octanol–water partition coefficient (Wildman–Crippen LogP) is 2.59. The van der Waals surface area contributed by atoms with Crippen LogP contribution in [-0.2, 0) is 11.2 Å². The predicted molar refractivity (Wildman–Crippen MR) is 93.0 cm³/mol. The first-order valence-electron chi connectivity index (χ1n) is 7.54. The summed E-state index contributed by atoms with van der Waals surface area (Å²) in [6, 6.07) is 14.8. The number of nitrogens with zero attached hydrogens (tertiary/aromatic N) is 1. The molecule has 6 heteroatoms. The number of amides is 1. The number of benzene rings is 2. The van der Waals surface area contributed by atoms with Crippen LogP contribution in [0.3, 0.4) is 0 Å². The van der Waals surface area contributed by atoms with Crippen molar-refractivity contribution < 1.29 is 4.79 Å². The summed E-state index contributed by atoms with van der Waals surface area (Å²) in [4.78, 5) is 27.2. The molecule has 0 aliphatic rings. The van der Waals surface area contributed by atoms with Gasteiger partial charge in [0.1, 0.15) is 0 Å². The number of carbonyl (C=O) groups is 1. The molecule has 0 fully saturated rings. The van der Waals surface area contributed by atoms with Crippen molar-refractivity contribution in [3.05, 3.63) is 70.8 Å². The van der Waals surface area contributed by atoms with E-state index >= 15 is 0 Å². The average molecular weight is 318 g/mol. The Hall–Kier alpha value is -3.41. The van der Waals surface area contributed by atoms with Gasteiger partial charge >= 0.3 is 0 Å². The van der Waals surface area contributed by atoms with Gasteiger partial charge in [-0.15, -0.1) is 0 Å². The van der Waals surface area contributed by atoms with Crippen molar-refractivity contribution in [2.75, 3.05) is 5.32 Å². The van der Waals surface area contributed by atoms with Gasteiger partial charge in [-0.25, -0.2) is 5.10 Å². The zero-order valence-electron chi connectivity index (χ0n) is 12.7. The Morgan fingerprint density at radius 2 is 1.92 bits per heavy atom. The summed E-state index contributed by atoms with van der Waals surface area (Å²) in [5, 5.41) is 11.6. The fraction of sp³-hybridized carbons (Fsp3) is 0.0556. The smallest absolute Gasteiger partial charge is 0.272 e. The van der Waals surface area contributed by atoms with E-state index in [4.69, 9.17) is 0 Å². The monoisotopic (exact) mass is 318 g/mol. The Morgan fingerprint density at radius 3 is 2.79 bits per heavy atom. The topological polar surface area (TPSA) is 90.6 Å². The molecule has 2 aromatic heterocycles. The minimum Gasteiger partial charge on any atom is -0.361 e. The fourth-order valence-corrected chi connectivity index (χ4v) is 2.79. The highest BCUT2D eigenvalue weighted by molar-refractivity contribution is 5.96. The van der Waals surface area contributed by atoms with Crippen LogP contribution in [0.5, 0.6) is 0 Å². The van der Waals surface area contributed by atoms with Crippen molar-refractivity contribution in [3.8, 4) is 0 Å². The fourth-order valence-electron chi connectivity index (χ4n) is 2.79. The Balaban J connectivity index is 1.60. The van der Waals surface area contributed by atoms with Crippen molar-refractivity contribution in [3.63, 3.8) is 0 Å². The highest BCUT2D eigenvalue weighted by atomic mass is 16.1. The van der Waals surface area contributed by atoms with Crippen LogP contribution in [0.4, 0.5) is 5.69 Å². The lowest BCUT2D eigenvalue weighted by atomic mass is 10.1. The number of fused-ring (bicyclic) bond motifs is 2. The summed E-state index contributed by atoms with van der Waals surface area (Å²) in [5.41, 5.74) is 1.96. The Bertz CT molecular complexity index is 1110. The van der Waals surface area contributed by atoms with E-state index in [1.54, 1.807) is 18.2 Å². The summed E-state index contributed by atoms with van der Waals surface area (Å²) in [7, 11) is 0. The largest absolute Gasteiger partial charge is 0.361 e. The molecule has 1 amide bonds. The number of carbonyl (C=O) groups excluding carboxylic acids is 1. The summed E-state index contributed by atoms with van der Waals surface area (Å²) in [6.45, 7) is 0. The van der Waals surface area contributed by atoms with Crippen LogP contribution in [0.15, 0.2) is 59.5 Å². The van der Waals surface area contributed by atoms with Crippen LogP contribution < -0.4 is 10.9 Å². The van der Waals surface area contributed by atoms with Crippen LogP contribution >= 0.6 is 0 Å². The minimum atomic E-state index is -0.257. The first kappa shape index (κ1) is 14.2. The number of hydrogen-bond acceptors (Lipinski definition) is 3. The van der Waals surface area contributed by atoms with Crippen molar-refractivity contribution >= 4 is 33.3 Å². The van der Waals surface area contributed by atoms with Crippen LogP contribution in [0, 0.1) is 0 Å². The molecule has 118 valence electrons. The van der Waals surface area contributed by atoms with Crippen molar-refractivity contribution in [1.82, 2.24) is 15.2 Å². The molecule has 0 radical (unpaired) electrons. The molecule has 0 saturated heterocycles. The number of nitrogens with one attached hydrogen (secondary N) is 3. The van der Waals surface area contributed by atoms with Gasteiger partial charge in [-0.05, 0) is 29.7 Å². The first-order valence-corrected chi connectivity index (χ1v) is 7.54. The molecule has 0 atom stereocenters. The molecule has 0 aliphatic carbocycles. The lowest BCUT2D eigenvalue weighted by Crippen LogP contribution is -2.18. The molecule has 0 aliphatic heterocycles. The molecule has 4 rings (SSSR count). The second-order valence-electron chi connectivity index (χ2n) is 5.55. The van der Waals surface area contributed by atoms with E-state index in [0.29, 0.717) is 22.2 Å². The van der Waals surface area contributed by atoms with E-state index in [-0.39, 0.29) is 17.9 Å². The minimum absolute atomic E-state index is 0.0834. The van der Waals surface area contributed by atoms with Gasteiger partial charge < -0.3 is 10.3 Å². The van der Waals surface area contributed by atoms with Crippen molar-refractivity contribution in [2.24, 2.45) is 0 Å². The molecular formula is C18H14N4O2. The zero-order chi connectivity index (χ0) is 16.5. The highest BCUT2D eigenvalue weighted by Crippen LogP contribution is 2.18. The van der Waals surface area contributed by atoms with Gasteiger partial charge in [-0.2, -0.15) is 5.10 Å². The number of aromatic amines is 2. The number of hydrogen-bond donors (Lipinski definition) is 3. The van der Waals surface area contributed by atoms with Gasteiger partial charge in [0.15, 0.2) is 0 Å². The maximum absolute atomic E-state index is 12.3. The summed E-state index contributed by atoms with van der Waals surface area (Å²) in [5.74, 6) is -0.189. The molecule has 4 aromatic rings. The Kier molecular flexibility index (Phi) is 3.35. The highest BCUT2D eigenvalue weighted by Gasteiger charge is 2.11. The van der Waals surface area contributed by atoms with Crippen molar-refractivity contribution in [1.29, 1.82) is 0 Å². The summed E-state index contributed by atoms with van der Waals surface area (Å²) < 4.78 is 0. The standard InChI is InChI=1S/C18H14N4O2/c23-17(20-12-6-5-11-7-8-19-15(11)9-12)10-16-13-3-1-2-4-14(13)18(24)22-21-16/h1-9,19H,10H2,(H,20,23)(H,22,24). The molecule has 2 heterocycles. The van der Waals surface area contributed by atoms with Crippen LogP contribution in [0.25, 0.3) is 21.7 Å². The third-order valence-corrected chi connectivity index (χ3v) is 3.94. The van der Waals surface area contributed by atoms with E-state index in [0.717, 1.165) is 10.9 Å². The molecular weight excluding hydrogens is 304 g/mol. The molecule has 24 heavy (non-hydrogen) atoms. The molecule has 0 bridgehead atoms. The second-order valence-corrected chi connectivity index (χ2v) is 5.55. The summed E-state index contributed by atoms with van der Waals surface area (Å²) >= 11 is 0. The van der Waals surface area contributed by atoms with Gasteiger partial charge in [0.05, 0.1) is 17.5 Å². The lowest BCUT2D eigenvalue weighted by Gasteiger charge is -2.07. The van der Waals surface area contributed by atoms with E-state index < -0.39 is 0 Å². The van der Waals surface area contributed by atoms with Gasteiger partial charge in [0.2, 0.25) is 5.91 Å². The number of rotatable bonds is 3. The first-order chi connectivity index (χ1) is 11.7. The summed E-state index contributed by atoms with van der Waals surface area (Å²) in [6.07, 6.45) is 1.94. The van der Waals surface area contributed by atoms with E-state index in [2.05, 4.69) is 20.5 Å². The van der Waals surface area contributed by atoms with Gasteiger partial charge in [-0.1, -0.05) is 24.3 Å². The normalized spacial score (nSPS) is 11.0. The molecule has 0 unspecified atom stereocenters. The molecule has 6 nitrogen and oxygen atoms in total. The van der Waals surface area contributed by atoms with Crippen LogP contribution in [0.1, 0.15) is 5.69 Å². The number of H-pyrrole nitrogens is 2. The Morgan fingerprint density at radius 1 is 1.08 bits per heavy atom. The average Bonchev–Trinajstić information content (AvgIpc) is 3.05. The van der Waals surface area contributed by atoms with Crippen LogP contribution in [0.2, 0.25) is 0 Å². The molecule has 3 N–H and O–H groups in total. The maximum Gasteiger partial charge on any atom is 0.272 e. The third-order valence-electron chi connectivity index (χ3n) is 3.94. The van der Waals surface area contributed by atoms with Gasteiger partial charge in [0, 0.05) is 22.8 Å². The maximum atomic E-state index is 12.3. The number of aromatic nitrogens is 3. The van der Waals surface area contributed by atoms with Crippen molar-refractivity contribution in [2.45, 2.75) is 6.42 Å².